The van der Waals surface area contributed by atoms with Gasteiger partial charge in [0.1, 0.15) is 0 Å². The van der Waals surface area contributed by atoms with Gasteiger partial charge in [-0.1, -0.05) is 12.1 Å². The van der Waals surface area contributed by atoms with Crippen molar-refractivity contribution in [1.29, 1.82) is 0 Å². The number of nitrogens with one attached hydrogen (secondary N) is 1. The largest absolute Gasteiger partial charge is 0.345 e. The number of benzene rings is 1. The van der Waals surface area contributed by atoms with E-state index < -0.39 is 8.25 Å². The van der Waals surface area contributed by atoms with E-state index in [1.807, 2.05) is 24.3 Å². The number of aromatic amines is 1. The molecule has 1 heterocycles. The average molecular weight is 217 g/mol. The van der Waals surface area contributed by atoms with Gasteiger partial charge in [-0.2, -0.15) is 0 Å². The molecular weight excluding hydrogens is 205 g/mol. The van der Waals surface area contributed by atoms with Crippen LogP contribution in [0.15, 0.2) is 30.6 Å². The lowest BCUT2D eigenvalue weighted by molar-refractivity contribution is 0.405. The highest BCUT2D eigenvalue weighted by Crippen LogP contribution is 2.05. The number of para-hydroxylation sites is 2. The summed E-state index contributed by atoms with van der Waals surface area (Å²) in [5.74, 6) is 0. The molecular formula is C7H12N3O3P. The van der Waals surface area contributed by atoms with Crippen LogP contribution in [0.5, 0.6) is 0 Å². The minimum absolute atomic E-state index is 0. The van der Waals surface area contributed by atoms with E-state index in [-0.39, 0.29) is 6.15 Å². The van der Waals surface area contributed by atoms with Gasteiger partial charge in [-0.05, 0) is 12.1 Å². The minimum atomic E-state index is -3.13. The maximum Gasteiger partial charge on any atom is 0.314 e. The smallest absolute Gasteiger partial charge is 0.314 e. The maximum absolute atomic E-state index is 8.74. The first-order chi connectivity index (χ1) is 6.20. The van der Waals surface area contributed by atoms with E-state index in [4.69, 9.17) is 14.4 Å². The monoisotopic (exact) mass is 217 g/mol. The van der Waals surface area contributed by atoms with E-state index in [1.54, 1.807) is 6.33 Å². The van der Waals surface area contributed by atoms with Crippen molar-refractivity contribution in [3.63, 3.8) is 0 Å². The number of H-pyrrole nitrogens is 1. The van der Waals surface area contributed by atoms with Crippen molar-refractivity contribution < 1.29 is 14.4 Å². The lowest BCUT2D eigenvalue weighted by atomic mass is 10.3. The second-order valence-corrected chi connectivity index (χ2v) is 2.77. The molecule has 0 aliphatic carbocycles. The molecule has 0 spiro atoms. The Bertz CT molecular complexity index is 369. The van der Waals surface area contributed by atoms with E-state index in [2.05, 4.69) is 9.97 Å². The number of fused-ring (bicyclic) bond motifs is 1. The maximum atomic E-state index is 8.74. The number of nitrogens with zero attached hydrogens (tertiary/aromatic N) is 1. The molecule has 2 rings (SSSR count). The van der Waals surface area contributed by atoms with Gasteiger partial charge in [0.15, 0.2) is 0 Å². The van der Waals surface area contributed by atoms with Gasteiger partial charge in [0.25, 0.3) is 0 Å². The molecule has 2 aromatic rings. The van der Waals surface area contributed by atoms with Crippen molar-refractivity contribution >= 4 is 19.3 Å². The molecule has 14 heavy (non-hydrogen) atoms. The minimum Gasteiger partial charge on any atom is -0.345 e. The van der Waals surface area contributed by atoms with Crippen LogP contribution >= 0.6 is 8.25 Å². The molecule has 0 radical (unpaired) electrons. The summed E-state index contributed by atoms with van der Waals surface area (Å²) in [5, 5.41) is 0. The van der Waals surface area contributed by atoms with Crippen molar-refractivity contribution in [2.45, 2.75) is 0 Å². The second kappa shape index (κ2) is 6.28. The summed E-state index contributed by atoms with van der Waals surface area (Å²) in [4.78, 5) is 21.4. The standard InChI is InChI=1S/C7H6N2.H3N.H3O3P/c1-2-4-7-6(3-1)8-5-9-7;;1-4(2)3/h1-5H,(H,8,9);1H3;4H,(H2,1,2,3). The van der Waals surface area contributed by atoms with E-state index in [1.165, 1.54) is 0 Å². The van der Waals surface area contributed by atoms with Gasteiger partial charge in [-0.15, -0.1) is 0 Å². The Morgan fingerprint density at radius 1 is 1.29 bits per heavy atom. The van der Waals surface area contributed by atoms with Crippen LogP contribution in [0.3, 0.4) is 0 Å². The van der Waals surface area contributed by atoms with Crippen LogP contribution in [0.1, 0.15) is 0 Å². The fraction of sp³-hybridized carbons (Fsp3) is 0. The Balaban J connectivity index is 0.000000299. The predicted octanol–water partition coefficient (Wildman–Crippen LogP) is 1.09. The molecule has 0 saturated carbocycles. The average Bonchev–Trinajstić information content (AvgIpc) is 2.49. The Kier molecular flexibility index (Phi) is 5.74. The second-order valence-electron chi connectivity index (χ2n) is 2.20. The lowest BCUT2D eigenvalue weighted by Gasteiger charge is -1.81. The van der Waals surface area contributed by atoms with Gasteiger partial charge >= 0.3 is 8.25 Å². The first-order valence-corrected chi connectivity index (χ1v) is 4.80. The molecule has 0 aliphatic rings. The highest BCUT2D eigenvalue weighted by atomic mass is 31.1. The van der Waals surface area contributed by atoms with E-state index >= 15 is 0 Å². The topological polar surface area (TPSA) is 121 Å². The Labute approximate surface area is 81.1 Å². The third kappa shape index (κ3) is 4.15. The summed E-state index contributed by atoms with van der Waals surface area (Å²) in [6.45, 7) is 0. The summed E-state index contributed by atoms with van der Waals surface area (Å²) in [5.41, 5.74) is 2.12. The van der Waals surface area contributed by atoms with Gasteiger partial charge in [0.2, 0.25) is 0 Å². The van der Waals surface area contributed by atoms with Gasteiger partial charge in [-0.25, -0.2) is 4.98 Å². The Hall–Kier alpha value is -1.20. The molecule has 0 amide bonds. The molecule has 1 aromatic heterocycles. The summed E-state index contributed by atoms with van der Waals surface area (Å²) >= 11 is 0. The molecule has 78 valence electrons. The molecule has 0 saturated heterocycles. The van der Waals surface area contributed by atoms with E-state index in [0.29, 0.717) is 0 Å². The summed E-state index contributed by atoms with van der Waals surface area (Å²) < 4.78 is 8.74. The SMILES string of the molecule is N.O=[PH](O)O.c1ccc2[nH]cnc2c1. The summed E-state index contributed by atoms with van der Waals surface area (Å²) in [7, 11) is -3.13. The van der Waals surface area contributed by atoms with Crippen LogP contribution < -0.4 is 6.15 Å². The number of hydrogen-bond acceptors (Lipinski definition) is 3. The zero-order chi connectivity index (χ0) is 9.68. The van der Waals surface area contributed by atoms with Crippen molar-refractivity contribution in [1.82, 2.24) is 16.1 Å². The first kappa shape index (κ1) is 12.8. The van der Waals surface area contributed by atoms with E-state index in [9.17, 15) is 0 Å². The fourth-order valence-corrected chi connectivity index (χ4v) is 0.880. The van der Waals surface area contributed by atoms with Crippen molar-refractivity contribution in [3.05, 3.63) is 30.6 Å². The summed E-state index contributed by atoms with van der Waals surface area (Å²) in [6.07, 6.45) is 1.70. The number of imidazole rings is 1. The van der Waals surface area contributed by atoms with E-state index in [0.717, 1.165) is 11.0 Å². The van der Waals surface area contributed by atoms with Crippen molar-refractivity contribution in [2.75, 3.05) is 0 Å². The molecule has 0 unspecified atom stereocenters. The van der Waals surface area contributed by atoms with Crippen LogP contribution in [0.25, 0.3) is 11.0 Å². The van der Waals surface area contributed by atoms with Crippen molar-refractivity contribution in [2.24, 2.45) is 0 Å². The van der Waals surface area contributed by atoms with Crippen LogP contribution in [0.2, 0.25) is 0 Å². The lowest BCUT2D eigenvalue weighted by Crippen LogP contribution is -1.63. The molecule has 6 nitrogen and oxygen atoms in total. The van der Waals surface area contributed by atoms with Crippen LogP contribution in [0.4, 0.5) is 0 Å². The normalized spacial score (nSPS) is 9.07. The van der Waals surface area contributed by atoms with Crippen LogP contribution in [-0.4, -0.2) is 19.8 Å². The quantitative estimate of drug-likeness (QED) is 0.492. The number of hydrogen-bond donors (Lipinski definition) is 4. The third-order valence-electron chi connectivity index (χ3n) is 1.33. The zero-order valence-corrected chi connectivity index (χ0v) is 8.34. The highest BCUT2D eigenvalue weighted by molar-refractivity contribution is 7.30. The molecule has 0 bridgehead atoms. The van der Waals surface area contributed by atoms with Gasteiger partial charge < -0.3 is 20.9 Å². The Morgan fingerprint density at radius 3 is 2.43 bits per heavy atom. The number of aromatic nitrogens is 2. The number of rotatable bonds is 0. The molecule has 1 aromatic carbocycles. The first-order valence-electron chi connectivity index (χ1n) is 3.50. The van der Waals surface area contributed by atoms with Crippen LogP contribution in [-0.2, 0) is 4.57 Å². The Morgan fingerprint density at radius 2 is 1.86 bits per heavy atom. The highest BCUT2D eigenvalue weighted by Gasteiger charge is 1.88. The molecule has 6 N–H and O–H groups in total. The third-order valence-corrected chi connectivity index (χ3v) is 1.33. The summed E-state index contributed by atoms with van der Waals surface area (Å²) in [6, 6.07) is 7.94. The molecule has 0 atom stereocenters. The van der Waals surface area contributed by atoms with Gasteiger partial charge in [0, 0.05) is 0 Å². The van der Waals surface area contributed by atoms with Gasteiger partial charge in [0.05, 0.1) is 17.4 Å². The zero-order valence-electron chi connectivity index (χ0n) is 7.34. The molecule has 0 fully saturated rings. The van der Waals surface area contributed by atoms with Crippen molar-refractivity contribution in [3.8, 4) is 0 Å². The molecule has 0 aliphatic heterocycles. The fourth-order valence-electron chi connectivity index (χ4n) is 0.880. The van der Waals surface area contributed by atoms with Gasteiger partial charge in [-0.3, -0.25) is 4.57 Å². The predicted molar refractivity (Wildman–Crippen MR) is 54.6 cm³/mol. The van der Waals surface area contributed by atoms with Crippen LogP contribution in [0, 0.1) is 0 Å². The molecule has 7 heteroatoms.